The second-order valence-electron chi connectivity index (χ2n) is 3.65. The fourth-order valence-corrected chi connectivity index (χ4v) is 1.02. The molecule has 0 saturated carbocycles. The minimum atomic E-state index is -1.67. The summed E-state index contributed by atoms with van der Waals surface area (Å²) in [5.74, 6) is 0. The van der Waals surface area contributed by atoms with E-state index in [1.807, 2.05) is 0 Å². The van der Waals surface area contributed by atoms with E-state index in [1.54, 1.807) is 0 Å². The fourth-order valence-electron chi connectivity index (χ4n) is 1.02. The molecule has 0 aliphatic heterocycles. The Morgan fingerprint density at radius 3 is 1.94 bits per heavy atom. The minimum absolute atomic E-state index is 0.123. The predicted molar refractivity (Wildman–Crippen MR) is 52.1 cm³/mol. The second-order valence-corrected chi connectivity index (χ2v) is 3.65. The van der Waals surface area contributed by atoms with E-state index in [2.05, 4.69) is 0 Å². The quantitative estimate of drug-likeness (QED) is 0.312. The van der Waals surface area contributed by atoms with Gasteiger partial charge in [0.2, 0.25) is 0 Å². The summed E-state index contributed by atoms with van der Waals surface area (Å²) >= 11 is 0. The second kappa shape index (κ2) is 7.91. The lowest BCUT2D eigenvalue weighted by molar-refractivity contribution is -0.133. The first kappa shape index (κ1) is 15.7. The summed E-state index contributed by atoms with van der Waals surface area (Å²) in [7, 11) is 0. The van der Waals surface area contributed by atoms with Crippen LogP contribution in [-0.2, 0) is 9.84 Å². The summed E-state index contributed by atoms with van der Waals surface area (Å²) in [4.78, 5) is 0. The van der Waals surface area contributed by atoms with Gasteiger partial charge in [-0.15, -0.1) is 0 Å². The molecular formula is C9H19O7. The molecule has 0 aromatic carbocycles. The zero-order valence-electron chi connectivity index (χ0n) is 9.06. The highest BCUT2D eigenvalue weighted by molar-refractivity contribution is 4.80. The number of rotatable bonds is 8. The zero-order chi connectivity index (χ0) is 12.7. The van der Waals surface area contributed by atoms with Crippen LogP contribution in [0.2, 0.25) is 0 Å². The van der Waals surface area contributed by atoms with E-state index < -0.39 is 37.1 Å². The largest absolute Gasteiger partial charge is 0.394 e. The summed E-state index contributed by atoms with van der Waals surface area (Å²) in [6, 6.07) is 0. The van der Waals surface area contributed by atoms with Gasteiger partial charge in [-0.05, 0) is 6.92 Å². The van der Waals surface area contributed by atoms with Crippen molar-refractivity contribution >= 4 is 0 Å². The van der Waals surface area contributed by atoms with Crippen molar-refractivity contribution in [1.29, 1.82) is 0 Å². The van der Waals surface area contributed by atoms with Crippen molar-refractivity contribution < 1.29 is 35.4 Å². The molecule has 5 N–H and O–H groups in total. The molecule has 1 unspecified atom stereocenters. The Kier molecular flexibility index (Phi) is 7.77. The standard InChI is InChI=1S/C9H19O7/c1-5(11)3-16-4-7(13)9(15)8(14)6(12)2-10/h5-10,12-15H,2-4H2,1H3/t5?,6-,7+,8-,9-/m1/s1. The zero-order valence-corrected chi connectivity index (χ0v) is 9.06. The van der Waals surface area contributed by atoms with Crippen LogP contribution in [0, 0.1) is 0 Å². The molecule has 16 heavy (non-hydrogen) atoms. The third-order valence-electron chi connectivity index (χ3n) is 1.97. The summed E-state index contributed by atoms with van der Waals surface area (Å²) in [5.41, 5.74) is 0. The van der Waals surface area contributed by atoms with Gasteiger partial charge in [-0.25, -0.2) is 5.11 Å². The number of hydrogen-bond acceptors (Lipinski definition) is 6. The fraction of sp³-hybridized carbons (Fsp3) is 1.00. The summed E-state index contributed by atoms with van der Waals surface area (Å²) < 4.78 is 4.76. The van der Waals surface area contributed by atoms with Gasteiger partial charge < -0.3 is 30.3 Å². The molecule has 0 aliphatic carbocycles. The SMILES string of the molecule is CC([O])COC[C@H](O)[C@@H](O)[C@H](O)[C@H](O)CO. The molecule has 7 heteroatoms. The van der Waals surface area contributed by atoms with E-state index in [0.717, 1.165) is 0 Å². The molecule has 0 spiro atoms. The number of hydrogen-bond donors (Lipinski definition) is 5. The maximum Gasteiger partial charge on any atom is 0.113 e. The van der Waals surface area contributed by atoms with Crippen molar-refractivity contribution in [2.24, 2.45) is 0 Å². The summed E-state index contributed by atoms with van der Waals surface area (Å²) in [6.07, 6.45) is -7.24. The Morgan fingerprint density at radius 2 is 1.50 bits per heavy atom. The Morgan fingerprint density at radius 1 is 1.00 bits per heavy atom. The third kappa shape index (κ3) is 5.71. The van der Waals surface area contributed by atoms with E-state index >= 15 is 0 Å². The highest BCUT2D eigenvalue weighted by atomic mass is 16.5. The molecule has 7 nitrogen and oxygen atoms in total. The first-order valence-corrected chi connectivity index (χ1v) is 4.96. The number of ether oxygens (including phenoxy) is 1. The van der Waals surface area contributed by atoms with Gasteiger partial charge in [0.1, 0.15) is 30.5 Å². The van der Waals surface area contributed by atoms with E-state index in [1.165, 1.54) is 6.92 Å². The number of aliphatic hydroxyl groups is 5. The summed E-state index contributed by atoms with van der Waals surface area (Å²) in [5, 5.41) is 55.9. The van der Waals surface area contributed by atoms with Crippen molar-refractivity contribution in [3.05, 3.63) is 0 Å². The molecule has 0 bridgehead atoms. The van der Waals surface area contributed by atoms with Crippen molar-refractivity contribution in [1.82, 2.24) is 0 Å². The highest BCUT2D eigenvalue weighted by Gasteiger charge is 2.30. The van der Waals surface area contributed by atoms with Crippen LogP contribution in [0.3, 0.4) is 0 Å². The average molecular weight is 239 g/mol. The van der Waals surface area contributed by atoms with Gasteiger partial charge in [-0.1, -0.05) is 0 Å². The van der Waals surface area contributed by atoms with Crippen molar-refractivity contribution in [3.8, 4) is 0 Å². The maximum atomic E-state index is 10.6. The van der Waals surface area contributed by atoms with E-state index in [9.17, 15) is 20.4 Å². The van der Waals surface area contributed by atoms with Gasteiger partial charge in [0.05, 0.1) is 19.8 Å². The Labute approximate surface area is 93.5 Å². The van der Waals surface area contributed by atoms with Crippen molar-refractivity contribution in [2.75, 3.05) is 19.8 Å². The molecule has 0 aromatic rings. The topological polar surface area (TPSA) is 130 Å². The Bertz CT molecular complexity index is 175. The first-order chi connectivity index (χ1) is 7.40. The summed E-state index contributed by atoms with van der Waals surface area (Å²) in [6.45, 7) is 0.196. The van der Waals surface area contributed by atoms with Gasteiger partial charge in [0.15, 0.2) is 0 Å². The minimum Gasteiger partial charge on any atom is -0.394 e. The van der Waals surface area contributed by atoms with E-state index in [0.29, 0.717) is 0 Å². The Balaban J connectivity index is 3.92. The third-order valence-corrected chi connectivity index (χ3v) is 1.97. The van der Waals surface area contributed by atoms with Crippen LogP contribution < -0.4 is 0 Å². The van der Waals surface area contributed by atoms with Crippen molar-refractivity contribution in [2.45, 2.75) is 37.4 Å². The molecule has 0 fully saturated rings. The average Bonchev–Trinajstić information content (AvgIpc) is 2.25. The van der Waals surface area contributed by atoms with Gasteiger partial charge >= 0.3 is 0 Å². The lowest BCUT2D eigenvalue weighted by atomic mass is 10.0. The first-order valence-electron chi connectivity index (χ1n) is 4.96. The molecule has 0 aromatic heterocycles. The van der Waals surface area contributed by atoms with E-state index in [-0.39, 0.29) is 13.2 Å². The Hall–Kier alpha value is -0.280. The van der Waals surface area contributed by atoms with Gasteiger partial charge in [0, 0.05) is 0 Å². The maximum absolute atomic E-state index is 10.6. The van der Waals surface area contributed by atoms with Crippen LogP contribution in [0.15, 0.2) is 0 Å². The predicted octanol–water partition coefficient (Wildman–Crippen LogP) is -2.74. The molecule has 0 heterocycles. The van der Waals surface area contributed by atoms with Gasteiger partial charge in [-0.2, -0.15) is 0 Å². The van der Waals surface area contributed by atoms with Crippen LogP contribution in [0.25, 0.3) is 0 Å². The molecule has 0 saturated heterocycles. The molecule has 97 valence electrons. The van der Waals surface area contributed by atoms with Crippen LogP contribution >= 0.6 is 0 Å². The lowest BCUT2D eigenvalue weighted by Crippen LogP contribution is -2.47. The molecule has 0 aliphatic rings. The van der Waals surface area contributed by atoms with Crippen molar-refractivity contribution in [3.63, 3.8) is 0 Å². The molecule has 5 atom stereocenters. The van der Waals surface area contributed by atoms with E-state index in [4.69, 9.17) is 14.9 Å². The molecular weight excluding hydrogens is 220 g/mol. The molecule has 0 rings (SSSR count). The highest BCUT2D eigenvalue weighted by Crippen LogP contribution is 2.05. The molecule has 1 radical (unpaired) electrons. The van der Waals surface area contributed by atoms with Crippen LogP contribution in [0.1, 0.15) is 6.92 Å². The lowest BCUT2D eigenvalue weighted by Gasteiger charge is -2.25. The molecule has 0 amide bonds. The van der Waals surface area contributed by atoms with Crippen LogP contribution in [-0.4, -0.2) is 75.9 Å². The van der Waals surface area contributed by atoms with Gasteiger partial charge in [-0.3, -0.25) is 0 Å². The smallest absolute Gasteiger partial charge is 0.113 e. The van der Waals surface area contributed by atoms with Gasteiger partial charge in [0.25, 0.3) is 0 Å². The monoisotopic (exact) mass is 239 g/mol. The van der Waals surface area contributed by atoms with Crippen LogP contribution in [0.4, 0.5) is 0 Å². The number of aliphatic hydroxyl groups excluding tert-OH is 5. The van der Waals surface area contributed by atoms with Crippen LogP contribution in [0.5, 0.6) is 0 Å². The normalized spacial score (nSPS) is 21.2.